The molecule has 0 saturated carbocycles. The van der Waals surface area contributed by atoms with Gasteiger partial charge in [0.1, 0.15) is 19.8 Å². The molecule has 0 bridgehead atoms. The molecule has 0 amide bonds. The van der Waals surface area contributed by atoms with Gasteiger partial charge in [0, 0.05) is 12.8 Å². The molecule has 0 heterocycles. The lowest BCUT2D eigenvalue weighted by Gasteiger charge is -2.28. The monoisotopic (exact) mass is 796 g/mol. The van der Waals surface area contributed by atoms with Crippen molar-refractivity contribution in [2.24, 2.45) is 0 Å². The van der Waals surface area contributed by atoms with Gasteiger partial charge in [0.2, 0.25) is 0 Å². The van der Waals surface area contributed by atoms with Crippen molar-refractivity contribution in [3.05, 3.63) is 48.6 Å². The van der Waals surface area contributed by atoms with Crippen LogP contribution in [0, 0.1) is 0 Å². The largest absolute Gasteiger partial charge is 0.756 e. The Morgan fingerprint density at radius 3 is 1.51 bits per heavy atom. The number of rotatable bonds is 39. The van der Waals surface area contributed by atoms with E-state index in [2.05, 4.69) is 56.4 Å². The highest BCUT2D eigenvalue weighted by Gasteiger charge is 2.21. The third kappa shape index (κ3) is 41.4. The minimum atomic E-state index is -4.63. The Kier molecular flexibility index (Phi) is 36.2. The number of unbranched alkanes of at least 4 members (excludes halogenated alkanes) is 17. The smallest absolute Gasteiger partial charge is 0.306 e. The van der Waals surface area contributed by atoms with Gasteiger partial charge in [0.15, 0.2) is 6.10 Å². The Balaban J connectivity index is 4.43. The zero-order chi connectivity index (χ0) is 40.7. The maximum absolute atomic E-state index is 12.6. The van der Waals surface area contributed by atoms with Gasteiger partial charge in [0.05, 0.1) is 27.7 Å². The normalized spacial score (nSPS) is 14.1. The number of carbonyl (C=O) groups excluding carboxylic acids is 2. The van der Waals surface area contributed by atoms with E-state index >= 15 is 0 Å². The van der Waals surface area contributed by atoms with Crippen LogP contribution < -0.4 is 4.89 Å². The first-order chi connectivity index (χ1) is 26.5. The molecule has 0 fully saturated rings. The number of hydrogen-bond acceptors (Lipinski definition) is 8. The van der Waals surface area contributed by atoms with E-state index in [0.717, 1.165) is 38.5 Å². The highest BCUT2D eigenvalue weighted by molar-refractivity contribution is 7.45. The first-order valence-electron chi connectivity index (χ1n) is 21.8. The topological polar surface area (TPSA) is 111 Å². The fourth-order valence-corrected chi connectivity index (χ4v) is 6.37. The Hall–Kier alpha value is -2.03. The fourth-order valence-electron chi connectivity index (χ4n) is 5.65. The summed E-state index contributed by atoms with van der Waals surface area (Å²) >= 11 is 0. The van der Waals surface area contributed by atoms with E-state index in [-0.39, 0.29) is 26.1 Å². The van der Waals surface area contributed by atoms with Gasteiger partial charge in [-0.1, -0.05) is 159 Å². The first kappa shape index (κ1) is 53.0. The van der Waals surface area contributed by atoms with Crippen LogP contribution in [0.4, 0.5) is 0 Å². The van der Waals surface area contributed by atoms with Crippen LogP contribution in [-0.4, -0.2) is 70.0 Å². The Labute approximate surface area is 337 Å². The highest BCUT2D eigenvalue weighted by Crippen LogP contribution is 2.38. The molecule has 1 unspecified atom stereocenters. The van der Waals surface area contributed by atoms with E-state index < -0.39 is 32.5 Å². The van der Waals surface area contributed by atoms with Gasteiger partial charge in [-0.3, -0.25) is 14.2 Å². The molecule has 0 radical (unpaired) electrons. The second kappa shape index (κ2) is 37.5. The third-order valence-electron chi connectivity index (χ3n) is 9.10. The van der Waals surface area contributed by atoms with Crippen LogP contribution in [0.5, 0.6) is 0 Å². The van der Waals surface area contributed by atoms with Crippen molar-refractivity contribution in [1.29, 1.82) is 0 Å². The molecule has 0 aromatic heterocycles. The number of quaternary nitrogens is 1. The number of nitrogens with zero attached hydrogens (tertiary/aromatic N) is 1. The average Bonchev–Trinajstić information content (AvgIpc) is 3.13. The van der Waals surface area contributed by atoms with Gasteiger partial charge >= 0.3 is 11.9 Å². The van der Waals surface area contributed by atoms with Crippen molar-refractivity contribution in [1.82, 2.24) is 0 Å². The van der Waals surface area contributed by atoms with Gasteiger partial charge in [0.25, 0.3) is 7.82 Å². The Morgan fingerprint density at radius 1 is 0.564 bits per heavy atom. The van der Waals surface area contributed by atoms with Crippen molar-refractivity contribution in [3.63, 3.8) is 0 Å². The van der Waals surface area contributed by atoms with Crippen LogP contribution in [0.3, 0.4) is 0 Å². The molecule has 0 N–H and O–H groups in total. The summed E-state index contributed by atoms with van der Waals surface area (Å²) < 4.78 is 33.7. The van der Waals surface area contributed by atoms with E-state index in [4.69, 9.17) is 18.5 Å². The van der Waals surface area contributed by atoms with Gasteiger partial charge in [-0.25, -0.2) is 0 Å². The Bertz CT molecular complexity index is 1080. The molecule has 0 aliphatic rings. The zero-order valence-corrected chi connectivity index (χ0v) is 36.8. The number of esters is 2. The number of hydrogen-bond donors (Lipinski definition) is 0. The summed E-state index contributed by atoms with van der Waals surface area (Å²) in [4.78, 5) is 37.4. The summed E-state index contributed by atoms with van der Waals surface area (Å²) in [5, 5.41) is 0. The van der Waals surface area contributed by atoms with Gasteiger partial charge < -0.3 is 27.9 Å². The number of phosphoric ester groups is 1. The first-order valence-corrected chi connectivity index (χ1v) is 23.3. The van der Waals surface area contributed by atoms with E-state index in [1.54, 1.807) is 0 Å². The van der Waals surface area contributed by atoms with Crippen molar-refractivity contribution in [2.75, 3.05) is 47.5 Å². The summed E-state index contributed by atoms with van der Waals surface area (Å²) in [7, 11) is 1.13. The molecule has 0 aliphatic heterocycles. The summed E-state index contributed by atoms with van der Waals surface area (Å²) in [6.45, 7) is 4.14. The van der Waals surface area contributed by atoms with Crippen LogP contribution in [0.15, 0.2) is 48.6 Å². The number of allylic oxidation sites excluding steroid dienone is 8. The minimum Gasteiger partial charge on any atom is -0.756 e. The summed E-state index contributed by atoms with van der Waals surface area (Å²) in [6, 6.07) is 0. The zero-order valence-electron chi connectivity index (χ0n) is 35.9. The van der Waals surface area contributed by atoms with E-state index in [1.807, 2.05) is 27.2 Å². The summed E-state index contributed by atoms with van der Waals surface area (Å²) in [6.07, 6.45) is 43.0. The van der Waals surface area contributed by atoms with Crippen LogP contribution in [0.1, 0.15) is 174 Å². The van der Waals surface area contributed by atoms with E-state index in [0.29, 0.717) is 23.9 Å². The lowest BCUT2D eigenvalue weighted by molar-refractivity contribution is -0.870. The lowest BCUT2D eigenvalue weighted by atomic mass is 10.1. The molecule has 320 valence electrons. The molecule has 0 rings (SSSR count). The molecule has 55 heavy (non-hydrogen) atoms. The fraction of sp³-hybridized carbons (Fsp3) is 0.778. The molecule has 0 aliphatic carbocycles. The maximum atomic E-state index is 12.6. The molecular formula is C45H82NO8P. The highest BCUT2D eigenvalue weighted by atomic mass is 31.2. The van der Waals surface area contributed by atoms with Crippen LogP contribution >= 0.6 is 7.82 Å². The molecule has 0 saturated heterocycles. The average molecular weight is 796 g/mol. The predicted octanol–water partition coefficient (Wildman–Crippen LogP) is 11.7. The number of phosphoric acid groups is 1. The predicted molar refractivity (Wildman–Crippen MR) is 227 cm³/mol. The molecule has 9 nitrogen and oxygen atoms in total. The molecule has 2 atom stereocenters. The number of ether oxygens (including phenoxy) is 2. The molecular weight excluding hydrogens is 713 g/mol. The summed E-state index contributed by atoms with van der Waals surface area (Å²) in [5.41, 5.74) is 0. The van der Waals surface area contributed by atoms with E-state index in [1.165, 1.54) is 96.3 Å². The van der Waals surface area contributed by atoms with E-state index in [9.17, 15) is 19.0 Å². The quantitative estimate of drug-likeness (QED) is 0.0199. The lowest BCUT2D eigenvalue weighted by Crippen LogP contribution is -2.37. The van der Waals surface area contributed by atoms with Gasteiger partial charge in [-0.05, 0) is 51.4 Å². The molecule has 0 spiro atoms. The second-order valence-corrected chi connectivity index (χ2v) is 17.1. The Morgan fingerprint density at radius 2 is 1.00 bits per heavy atom. The SMILES string of the molecule is CCCCCCCCC/C=C/C/C=C/C/C=C/C/C=C/CCCC(=O)O[C@H](COC(=O)CCCCCCCCCCCC)COP(=O)([O-])OCC[N+](C)(C)C. The van der Waals surface area contributed by atoms with Crippen molar-refractivity contribution < 1.29 is 42.1 Å². The third-order valence-corrected chi connectivity index (χ3v) is 10.1. The summed E-state index contributed by atoms with van der Waals surface area (Å²) in [5.74, 6) is -0.902. The van der Waals surface area contributed by atoms with Gasteiger partial charge in [-0.2, -0.15) is 0 Å². The second-order valence-electron chi connectivity index (χ2n) is 15.7. The number of carbonyl (C=O) groups is 2. The van der Waals surface area contributed by atoms with Crippen LogP contribution in [0.2, 0.25) is 0 Å². The van der Waals surface area contributed by atoms with Crippen LogP contribution in [-0.2, 0) is 32.7 Å². The van der Waals surface area contributed by atoms with Crippen molar-refractivity contribution in [3.8, 4) is 0 Å². The van der Waals surface area contributed by atoms with Crippen molar-refractivity contribution in [2.45, 2.75) is 180 Å². The standard InChI is InChI=1S/C45H82NO8P/c1-6-8-10-12-14-16-18-19-20-21-22-23-24-25-26-27-28-30-32-34-36-38-45(48)54-43(42-53-55(49,50)52-40-39-46(3,4)5)41-51-44(47)37-35-33-31-29-17-15-13-11-9-7-2/h20-21,23-24,26-27,30,32,43H,6-19,22,25,28-29,31,33-42H2,1-5H3/b21-20+,24-23+,27-26+,32-30+/t43-/m1/s1. The maximum Gasteiger partial charge on any atom is 0.306 e. The number of likely N-dealkylation sites (N-methyl/N-ethyl adjacent to an activating group) is 1. The molecule has 0 aromatic carbocycles. The van der Waals surface area contributed by atoms with Crippen molar-refractivity contribution >= 4 is 19.8 Å². The van der Waals surface area contributed by atoms with Crippen LogP contribution in [0.25, 0.3) is 0 Å². The molecule has 0 aromatic rings. The molecule has 10 heteroatoms. The van der Waals surface area contributed by atoms with Gasteiger partial charge in [-0.15, -0.1) is 0 Å². The minimum absolute atomic E-state index is 0.0414.